The third-order valence-electron chi connectivity index (χ3n) is 2.68. The van der Waals surface area contributed by atoms with Crippen LogP contribution in [0.25, 0.3) is 0 Å². The van der Waals surface area contributed by atoms with Crippen LogP contribution in [0.5, 0.6) is 0 Å². The van der Waals surface area contributed by atoms with Crippen LogP contribution >= 0.6 is 11.3 Å². The fourth-order valence-corrected chi connectivity index (χ4v) is 2.57. The van der Waals surface area contributed by atoms with Crippen LogP contribution in [0.2, 0.25) is 0 Å². The van der Waals surface area contributed by atoms with Gasteiger partial charge in [0.25, 0.3) is 0 Å². The monoisotopic (exact) mass is 268 g/mol. The van der Waals surface area contributed by atoms with Crippen LogP contribution in [-0.4, -0.2) is 0 Å². The molecule has 0 saturated carbocycles. The Bertz CT molecular complexity index is 566. The SMILES string of the molecule is Cc1ccc(C(C)Nc2c(N)ccc(F)c2F)s1. The summed E-state index contributed by atoms with van der Waals surface area (Å²) in [6.45, 7) is 3.88. The molecule has 0 amide bonds. The standard InChI is InChI=1S/C13H14F2N2S/c1-7-3-6-11(18-7)8(2)17-13-10(16)5-4-9(14)12(13)15/h3-6,8,17H,16H2,1-2H3. The van der Waals surface area contributed by atoms with Gasteiger partial charge in [0.2, 0.25) is 0 Å². The number of nitrogens with two attached hydrogens (primary N) is 1. The summed E-state index contributed by atoms with van der Waals surface area (Å²) in [6, 6.07) is 6.21. The fraction of sp³-hybridized carbons (Fsp3) is 0.231. The first-order chi connectivity index (χ1) is 8.49. The predicted molar refractivity (Wildman–Crippen MR) is 71.9 cm³/mol. The van der Waals surface area contributed by atoms with E-state index in [1.165, 1.54) is 10.9 Å². The summed E-state index contributed by atoms with van der Waals surface area (Å²) in [7, 11) is 0. The molecule has 0 radical (unpaired) electrons. The lowest BCUT2D eigenvalue weighted by Crippen LogP contribution is -2.09. The lowest BCUT2D eigenvalue weighted by molar-refractivity contribution is 0.510. The third-order valence-corrected chi connectivity index (χ3v) is 3.86. The number of hydrogen-bond acceptors (Lipinski definition) is 3. The molecule has 1 aromatic carbocycles. The number of rotatable bonds is 3. The van der Waals surface area contributed by atoms with Gasteiger partial charge < -0.3 is 11.1 Å². The van der Waals surface area contributed by atoms with Gasteiger partial charge in [-0.1, -0.05) is 0 Å². The van der Waals surface area contributed by atoms with E-state index in [4.69, 9.17) is 5.73 Å². The van der Waals surface area contributed by atoms with Crippen molar-refractivity contribution in [2.45, 2.75) is 19.9 Å². The van der Waals surface area contributed by atoms with Crippen LogP contribution in [0.4, 0.5) is 20.2 Å². The Morgan fingerprint density at radius 3 is 2.56 bits per heavy atom. The molecule has 96 valence electrons. The molecular weight excluding hydrogens is 254 g/mol. The molecule has 1 unspecified atom stereocenters. The Kier molecular flexibility index (Phi) is 3.52. The van der Waals surface area contributed by atoms with E-state index in [1.54, 1.807) is 11.3 Å². The van der Waals surface area contributed by atoms with Crippen LogP contribution in [-0.2, 0) is 0 Å². The van der Waals surface area contributed by atoms with E-state index in [-0.39, 0.29) is 17.4 Å². The maximum atomic E-state index is 13.6. The van der Waals surface area contributed by atoms with Crippen molar-refractivity contribution in [2.75, 3.05) is 11.1 Å². The van der Waals surface area contributed by atoms with E-state index in [1.807, 2.05) is 26.0 Å². The van der Waals surface area contributed by atoms with E-state index in [0.29, 0.717) is 0 Å². The molecule has 0 spiro atoms. The molecule has 0 aliphatic heterocycles. The van der Waals surface area contributed by atoms with Gasteiger partial charge in [0.1, 0.15) is 0 Å². The van der Waals surface area contributed by atoms with Gasteiger partial charge in [0.05, 0.1) is 17.4 Å². The van der Waals surface area contributed by atoms with Crippen molar-refractivity contribution in [3.63, 3.8) is 0 Å². The van der Waals surface area contributed by atoms with Gasteiger partial charge in [-0.15, -0.1) is 11.3 Å². The van der Waals surface area contributed by atoms with E-state index >= 15 is 0 Å². The van der Waals surface area contributed by atoms with Gasteiger partial charge in [0.15, 0.2) is 11.6 Å². The van der Waals surface area contributed by atoms with Gasteiger partial charge in [-0.2, -0.15) is 0 Å². The Morgan fingerprint density at radius 2 is 1.94 bits per heavy atom. The van der Waals surface area contributed by atoms with Gasteiger partial charge in [-0.05, 0) is 38.1 Å². The van der Waals surface area contributed by atoms with E-state index < -0.39 is 11.6 Å². The molecule has 0 saturated heterocycles. The summed E-state index contributed by atoms with van der Waals surface area (Å²) < 4.78 is 26.8. The summed E-state index contributed by atoms with van der Waals surface area (Å²) in [5, 5.41) is 2.92. The second-order valence-electron chi connectivity index (χ2n) is 4.14. The minimum absolute atomic E-state index is 0.0218. The number of anilines is 2. The van der Waals surface area contributed by atoms with Gasteiger partial charge in [-0.3, -0.25) is 0 Å². The molecule has 1 heterocycles. The van der Waals surface area contributed by atoms with Crippen LogP contribution in [0.3, 0.4) is 0 Å². The van der Waals surface area contributed by atoms with Crippen molar-refractivity contribution in [1.82, 2.24) is 0 Å². The molecule has 0 bridgehead atoms. The van der Waals surface area contributed by atoms with E-state index in [9.17, 15) is 8.78 Å². The van der Waals surface area contributed by atoms with Gasteiger partial charge in [0, 0.05) is 9.75 Å². The molecule has 2 rings (SSSR count). The molecule has 1 atom stereocenters. The molecule has 3 N–H and O–H groups in total. The summed E-state index contributed by atoms with van der Waals surface area (Å²) in [6.07, 6.45) is 0. The zero-order valence-corrected chi connectivity index (χ0v) is 10.9. The van der Waals surface area contributed by atoms with Crippen LogP contribution in [0, 0.1) is 18.6 Å². The quantitative estimate of drug-likeness (QED) is 0.823. The smallest absolute Gasteiger partial charge is 0.183 e. The Balaban J connectivity index is 2.27. The molecule has 2 aromatic rings. The molecule has 0 aliphatic rings. The zero-order valence-electron chi connectivity index (χ0n) is 10.1. The highest BCUT2D eigenvalue weighted by Crippen LogP contribution is 2.30. The average Bonchev–Trinajstić information content (AvgIpc) is 2.76. The summed E-state index contributed by atoms with van der Waals surface area (Å²) in [4.78, 5) is 2.22. The summed E-state index contributed by atoms with van der Waals surface area (Å²) in [5.74, 6) is -1.84. The summed E-state index contributed by atoms with van der Waals surface area (Å²) in [5.41, 5.74) is 5.88. The second-order valence-corrected chi connectivity index (χ2v) is 5.46. The maximum absolute atomic E-state index is 13.6. The minimum Gasteiger partial charge on any atom is -0.397 e. The predicted octanol–water partition coefficient (Wildman–Crippen LogP) is 4.09. The molecule has 0 fully saturated rings. The van der Waals surface area contributed by atoms with Crippen molar-refractivity contribution < 1.29 is 8.78 Å². The number of aryl methyl sites for hydroxylation is 1. The Labute approximate surface area is 108 Å². The lowest BCUT2D eigenvalue weighted by Gasteiger charge is -2.16. The number of benzene rings is 1. The zero-order chi connectivity index (χ0) is 13.3. The minimum atomic E-state index is -0.935. The molecule has 2 nitrogen and oxygen atoms in total. The van der Waals surface area contributed by atoms with Crippen molar-refractivity contribution >= 4 is 22.7 Å². The highest BCUT2D eigenvalue weighted by molar-refractivity contribution is 7.12. The molecule has 0 aliphatic carbocycles. The maximum Gasteiger partial charge on any atom is 0.183 e. The first-order valence-electron chi connectivity index (χ1n) is 5.55. The van der Waals surface area contributed by atoms with Gasteiger partial charge >= 0.3 is 0 Å². The Morgan fingerprint density at radius 1 is 1.22 bits per heavy atom. The van der Waals surface area contributed by atoms with Crippen molar-refractivity contribution in [1.29, 1.82) is 0 Å². The topological polar surface area (TPSA) is 38.0 Å². The molecule has 5 heteroatoms. The molecule has 18 heavy (non-hydrogen) atoms. The largest absolute Gasteiger partial charge is 0.397 e. The van der Waals surface area contributed by atoms with Gasteiger partial charge in [-0.25, -0.2) is 8.78 Å². The van der Waals surface area contributed by atoms with Crippen LogP contribution in [0.1, 0.15) is 22.7 Å². The first kappa shape index (κ1) is 12.8. The second kappa shape index (κ2) is 4.94. The average molecular weight is 268 g/mol. The highest BCUT2D eigenvalue weighted by atomic mass is 32.1. The first-order valence-corrected chi connectivity index (χ1v) is 6.37. The molecule has 1 aromatic heterocycles. The number of hydrogen-bond donors (Lipinski definition) is 2. The lowest BCUT2D eigenvalue weighted by atomic mass is 10.2. The molecular formula is C13H14F2N2S. The third kappa shape index (κ3) is 2.46. The van der Waals surface area contributed by atoms with Crippen molar-refractivity contribution in [3.8, 4) is 0 Å². The highest BCUT2D eigenvalue weighted by Gasteiger charge is 2.15. The Hall–Kier alpha value is -1.62. The van der Waals surface area contributed by atoms with Crippen LogP contribution in [0.15, 0.2) is 24.3 Å². The van der Waals surface area contributed by atoms with Crippen molar-refractivity contribution in [2.24, 2.45) is 0 Å². The number of thiophene rings is 1. The normalized spacial score (nSPS) is 12.4. The van der Waals surface area contributed by atoms with Crippen molar-refractivity contribution in [3.05, 3.63) is 45.7 Å². The van der Waals surface area contributed by atoms with E-state index in [2.05, 4.69) is 5.32 Å². The summed E-state index contributed by atoms with van der Waals surface area (Å²) >= 11 is 1.61. The number of halogens is 2. The fourth-order valence-electron chi connectivity index (χ4n) is 1.69. The van der Waals surface area contributed by atoms with Crippen LogP contribution < -0.4 is 11.1 Å². The number of nitrogen functional groups attached to an aromatic ring is 1. The number of nitrogens with one attached hydrogen (secondary N) is 1. The van der Waals surface area contributed by atoms with E-state index in [0.717, 1.165) is 10.9 Å².